The van der Waals surface area contributed by atoms with Gasteiger partial charge in [0.25, 0.3) is 0 Å². The highest BCUT2D eigenvalue weighted by Gasteiger charge is 2.23. The van der Waals surface area contributed by atoms with Gasteiger partial charge in [-0.25, -0.2) is 9.78 Å². The molecule has 3 rings (SSSR count). The maximum Gasteiger partial charge on any atom is 0.410 e. The molecule has 0 bridgehead atoms. The van der Waals surface area contributed by atoms with E-state index >= 15 is 0 Å². The summed E-state index contributed by atoms with van der Waals surface area (Å²) in [4.78, 5) is 20.5. The molecule has 1 aliphatic rings. The Morgan fingerprint density at radius 1 is 1.11 bits per heavy atom. The Kier molecular flexibility index (Phi) is 6.25. The van der Waals surface area contributed by atoms with E-state index in [1.165, 1.54) is 7.11 Å². The Bertz CT molecular complexity index is 774. The molecule has 142 valence electrons. The molecule has 1 fully saturated rings. The van der Waals surface area contributed by atoms with Crippen molar-refractivity contribution in [3.05, 3.63) is 59.8 Å². The van der Waals surface area contributed by atoms with Crippen molar-refractivity contribution in [2.75, 3.05) is 38.2 Å². The molecule has 2 heterocycles. The molecule has 0 aliphatic carbocycles. The number of nitrogens with one attached hydrogen (secondary N) is 1. The molecule has 1 aromatic carbocycles. The van der Waals surface area contributed by atoms with Crippen LogP contribution in [0.3, 0.4) is 0 Å². The van der Waals surface area contributed by atoms with Crippen LogP contribution < -0.4 is 4.90 Å². The zero-order valence-corrected chi connectivity index (χ0v) is 15.4. The van der Waals surface area contributed by atoms with Gasteiger partial charge in [0.05, 0.1) is 7.11 Å². The van der Waals surface area contributed by atoms with Gasteiger partial charge in [0, 0.05) is 38.8 Å². The number of nitrogens with zero attached hydrogens (tertiary/aromatic N) is 3. The number of amides is 1. The third kappa shape index (κ3) is 5.20. The molecule has 1 aliphatic heterocycles. The number of carbonyl (C=O) groups is 1. The molecule has 0 saturated carbocycles. The average Bonchev–Trinajstić information content (AvgIpc) is 2.73. The first kappa shape index (κ1) is 18.7. The van der Waals surface area contributed by atoms with Crippen molar-refractivity contribution < 1.29 is 14.3 Å². The molecule has 0 unspecified atom stereocenters. The smallest absolute Gasteiger partial charge is 0.410 e. The maximum absolute atomic E-state index is 12.3. The number of aromatic nitrogens is 1. The summed E-state index contributed by atoms with van der Waals surface area (Å²) in [5, 5.41) is 7.65. The van der Waals surface area contributed by atoms with Crippen molar-refractivity contribution in [3.63, 3.8) is 0 Å². The standard InChI is InChI=1S/C20H24N4O3/c1-26-18(21)13-17-7-8-22-19(14-17)23-9-11-24(12-10-23)20(25)27-15-16-5-3-2-4-6-16/h2-8,14,21H,9-13,15H2,1H3. The Balaban J connectivity index is 1.50. The monoisotopic (exact) mass is 368 g/mol. The number of pyridine rings is 1. The van der Waals surface area contributed by atoms with Crippen LogP contribution in [-0.4, -0.2) is 55.2 Å². The summed E-state index contributed by atoms with van der Waals surface area (Å²) in [5.41, 5.74) is 1.96. The van der Waals surface area contributed by atoms with Crippen molar-refractivity contribution in [2.24, 2.45) is 0 Å². The number of methoxy groups -OCH3 is 1. The number of piperazine rings is 1. The van der Waals surface area contributed by atoms with Gasteiger partial charge in [-0.05, 0) is 23.3 Å². The molecule has 1 saturated heterocycles. The lowest BCUT2D eigenvalue weighted by Crippen LogP contribution is -2.49. The van der Waals surface area contributed by atoms with Crippen LogP contribution in [0.2, 0.25) is 0 Å². The normalized spacial score (nSPS) is 14.0. The number of carbonyl (C=O) groups excluding carboxylic acids is 1. The molecule has 0 spiro atoms. The van der Waals surface area contributed by atoms with Crippen LogP contribution in [0.4, 0.5) is 10.6 Å². The molecule has 2 aromatic rings. The minimum atomic E-state index is -0.284. The largest absolute Gasteiger partial charge is 0.484 e. The van der Waals surface area contributed by atoms with Crippen molar-refractivity contribution in [1.82, 2.24) is 9.88 Å². The van der Waals surface area contributed by atoms with Crippen molar-refractivity contribution in [3.8, 4) is 0 Å². The third-order valence-electron chi connectivity index (χ3n) is 4.49. The summed E-state index contributed by atoms with van der Waals surface area (Å²) in [7, 11) is 1.50. The third-order valence-corrected chi connectivity index (χ3v) is 4.49. The molecule has 1 aromatic heterocycles. The lowest BCUT2D eigenvalue weighted by atomic mass is 10.2. The van der Waals surface area contributed by atoms with E-state index in [9.17, 15) is 4.79 Å². The summed E-state index contributed by atoms with van der Waals surface area (Å²) in [6.45, 7) is 2.85. The quantitative estimate of drug-likeness (QED) is 0.648. The fraction of sp³-hybridized carbons (Fsp3) is 0.350. The first-order chi connectivity index (χ1) is 13.2. The van der Waals surface area contributed by atoms with Crippen molar-refractivity contribution in [1.29, 1.82) is 5.41 Å². The van der Waals surface area contributed by atoms with Crippen molar-refractivity contribution >= 4 is 17.8 Å². The van der Waals surface area contributed by atoms with Gasteiger partial charge in [-0.1, -0.05) is 30.3 Å². The predicted molar refractivity (Wildman–Crippen MR) is 103 cm³/mol. The van der Waals surface area contributed by atoms with E-state index in [1.54, 1.807) is 11.1 Å². The van der Waals surface area contributed by atoms with E-state index in [2.05, 4.69) is 9.88 Å². The zero-order valence-electron chi connectivity index (χ0n) is 15.4. The maximum atomic E-state index is 12.3. The number of benzene rings is 1. The molecule has 0 radical (unpaired) electrons. The molecule has 7 heteroatoms. The van der Waals surface area contributed by atoms with Crippen molar-refractivity contribution in [2.45, 2.75) is 13.0 Å². The Hall–Kier alpha value is -3.09. The number of hydrogen-bond acceptors (Lipinski definition) is 6. The lowest BCUT2D eigenvalue weighted by Gasteiger charge is -2.34. The Morgan fingerprint density at radius 3 is 2.56 bits per heavy atom. The summed E-state index contributed by atoms with van der Waals surface area (Å²) < 4.78 is 10.3. The number of ether oxygens (including phenoxy) is 2. The first-order valence-electron chi connectivity index (χ1n) is 8.92. The highest BCUT2D eigenvalue weighted by atomic mass is 16.6. The highest BCUT2D eigenvalue weighted by molar-refractivity contribution is 5.75. The van der Waals surface area contributed by atoms with Crippen LogP contribution in [0, 0.1) is 5.41 Å². The second kappa shape index (κ2) is 9.02. The SMILES string of the molecule is COC(=N)Cc1ccnc(N2CCN(C(=O)OCc3ccccc3)CC2)c1. The average molecular weight is 368 g/mol. The first-order valence-corrected chi connectivity index (χ1v) is 8.92. The fourth-order valence-electron chi connectivity index (χ4n) is 2.93. The van der Waals surface area contributed by atoms with Crippen LogP contribution in [0.15, 0.2) is 48.7 Å². The Labute approximate surface area is 159 Å². The summed E-state index contributed by atoms with van der Waals surface area (Å²) in [5.74, 6) is 1.08. The molecule has 27 heavy (non-hydrogen) atoms. The van der Waals surface area contributed by atoms with Gasteiger partial charge in [0.1, 0.15) is 12.4 Å². The molecular weight excluding hydrogens is 344 g/mol. The fourth-order valence-corrected chi connectivity index (χ4v) is 2.93. The molecule has 1 N–H and O–H groups in total. The van der Waals surface area contributed by atoms with Crippen LogP contribution >= 0.6 is 0 Å². The van der Waals surface area contributed by atoms with Gasteiger partial charge in [0.2, 0.25) is 0 Å². The van der Waals surface area contributed by atoms with E-state index < -0.39 is 0 Å². The van der Waals surface area contributed by atoms with Gasteiger partial charge in [-0.3, -0.25) is 5.41 Å². The van der Waals surface area contributed by atoms with Crippen LogP contribution in [0.5, 0.6) is 0 Å². The van der Waals surface area contributed by atoms with Crippen LogP contribution in [0.25, 0.3) is 0 Å². The minimum absolute atomic E-state index is 0.220. The summed E-state index contributed by atoms with van der Waals surface area (Å²) >= 11 is 0. The summed E-state index contributed by atoms with van der Waals surface area (Å²) in [6, 6.07) is 13.5. The lowest BCUT2D eigenvalue weighted by molar-refractivity contribution is 0.0941. The molecular formula is C20H24N4O3. The van der Waals surface area contributed by atoms with Gasteiger partial charge >= 0.3 is 6.09 Å². The van der Waals surface area contributed by atoms with Crippen LogP contribution in [0.1, 0.15) is 11.1 Å². The number of rotatable bonds is 5. The number of hydrogen-bond donors (Lipinski definition) is 1. The number of anilines is 1. The van der Waals surface area contributed by atoms with Gasteiger partial charge in [-0.2, -0.15) is 0 Å². The predicted octanol–water partition coefficient (Wildman–Crippen LogP) is 2.71. The second-order valence-electron chi connectivity index (χ2n) is 6.34. The molecule has 7 nitrogen and oxygen atoms in total. The van der Waals surface area contributed by atoms with E-state index in [-0.39, 0.29) is 18.6 Å². The van der Waals surface area contributed by atoms with E-state index in [0.29, 0.717) is 32.6 Å². The van der Waals surface area contributed by atoms with Gasteiger partial charge in [-0.15, -0.1) is 0 Å². The second-order valence-corrected chi connectivity index (χ2v) is 6.34. The van der Waals surface area contributed by atoms with Gasteiger partial charge in [0.15, 0.2) is 5.90 Å². The molecule has 0 atom stereocenters. The zero-order chi connectivity index (χ0) is 19.1. The summed E-state index contributed by atoms with van der Waals surface area (Å²) in [6.07, 6.45) is 1.90. The topological polar surface area (TPSA) is 78.8 Å². The minimum Gasteiger partial charge on any atom is -0.484 e. The van der Waals surface area contributed by atoms with E-state index in [0.717, 1.165) is 16.9 Å². The van der Waals surface area contributed by atoms with Gasteiger partial charge < -0.3 is 19.3 Å². The van der Waals surface area contributed by atoms with E-state index in [1.807, 2.05) is 42.5 Å². The van der Waals surface area contributed by atoms with E-state index in [4.69, 9.17) is 14.9 Å². The Morgan fingerprint density at radius 2 is 1.85 bits per heavy atom. The molecule has 1 amide bonds. The van der Waals surface area contributed by atoms with Crippen LogP contribution in [-0.2, 0) is 22.5 Å². The highest BCUT2D eigenvalue weighted by Crippen LogP contribution is 2.16.